The molecule has 0 spiro atoms. The van der Waals surface area contributed by atoms with Gasteiger partial charge in [0.2, 0.25) is 0 Å². The van der Waals surface area contributed by atoms with Gasteiger partial charge in [-0.05, 0) is 68.9 Å². The highest BCUT2D eigenvalue weighted by atomic mass is 35.5. The topological polar surface area (TPSA) is 91.5 Å². The summed E-state index contributed by atoms with van der Waals surface area (Å²) in [4.78, 5) is 18.7. The van der Waals surface area contributed by atoms with Gasteiger partial charge >= 0.3 is 5.97 Å². The van der Waals surface area contributed by atoms with Gasteiger partial charge in [0, 0.05) is 41.7 Å². The smallest absolute Gasteiger partial charge is 0.335 e. The van der Waals surface area contributed by atoms with Crippen molar-refractivity contribution in [3.05, 3.63) is 63.3 Å². The van der Waals surface area contributed by atoms with Crippen LogP contribution < -0.4 is 10.2 Å². The van der Waals surface area contributed by atoms with E-state index in [2.05, 4.69) is 15.4 Å². The van der Waals surface area contributed by atoms with Gasteiger partial charge in [0.05, 0.1) is 25.8 Å². The van der Waals surface area contributed by atoms with Gasteiger partial charge in [0.25, 0.3) is 0 Å². The number of rotatable bonds is 7. The van der Waals surface area contributed by atoms with Crippen LogP contribution in [0.3, 0.4) is 0 Å². The molecule has 3 fully saturated rings. The highest BCUT2D eigenvalue weighted by molar-refractivity contribution is 7.22. The Morgan fingerprint density at radius 2 is 1.84 bits per heavy atom. The number of thiazole rings is 1. The van der Waals surface area contributed by atoms with E-state index in [1.165, 1.54) is 0 Å². The monoisotopic (exact) mass is 568 g/mol. The Morgan fingerprint density at radius 1 is 1.11 bits per heavy atom. The molecule has 7 rings (SSSR count). The van der Waals surface area contributed by atoms with Crippen LogP contribution in [-0.2, 0) is 6.54 Å². The highest BCUT2D eigenvalue weighted by Gasteiger charge is 2.42. The number of nitrogens with one attached hydrogen (secondary N) is 1. The number of nitrogens with zero attached hydrogens (tertiary/aromatic N) is 3. The van der Waals surface area contributed by atoms with Crippen LogP contribution in [0.2, 0.25) is 10.0 Å². The van der Waals surface area contributed by atoms with Crippen molar-refractivity contribution in [3.63, 3.8) is 0 Å². The molecule has 2 aliphatic heterocycles. The Kier molecular flexibility index (Phi) is 6.11. The van der Waals surface area contributed by atoms with E-state index >= 15 is 0 Å². The van der Waals surface area contributed by atoms with Crippen molar-refractivity contribution in [2.24, 2.45) is 0 Å². The standard InChI is InChI=1S/C28H26Cl2N4O3S/c29-20-2-1-3-21(30)24(20)25-19(26(37-33-25)14-4-5-14)13-31-16-11-17-7-8-18(12-16)34(17)28-32-22-9-6-15(27(35)36)10-23(22)38-28/h1-3,6,9-10,14,16-18,31H,4-5,7-8,11-13H2,(H,35,36). The fourth-order valence-corrected chi connectivity index (χ4v) is 7.86. The first-order chi connectivity index (χ1) is 18.5. The lowest BCUT2D eigenvalue weighted by atomic mass is 9.97. The molecular weight excluding hydrogens is 543 g/mol. The molecule has 2 atom stereocenters. The minimum atomic E-state index is -0.911. The zero-order chi connectivity index (χ0) is 26.0. The molecule has 2 bridgehead atoms. The number of carboxylic acids is 1. The summed E-state index contributed by atoms with van der Waals surface area (Å²) in [6.07, 6.45) is 6.57. The molecule has 4 heterocycles. The van der Waals surface area contributed by atoms with E-state index in [9.17, 15) is 9.90 Å². The summed E-state index contributed by atoms with van der Waals surface area (Å²) < 4.78 is 6.77. The SMILES string of the molecule is O=C(O)c1ccc2nc(N3C4CCC3CC(NCc3c(-c5c(Cl)cccc5Cl)noc3C3CC3)C4)sc2c1. The first-order valence-electron chi connectivity index (χ1n) is 13.0. The number of anilines is 1. The van der Waals surface area contributed by atoms with Gasteiger partial charge in [0.15, 0.2) is 5.13 Å². The second kappa shape index (κ2) is 9.52. The number of benzene rings is 2. The van der Waals surface area contributed by atoms with Crippen LogP contribution in [0, 0.1) is 0 Å². The molecule has 2 unspecified atom stereocenters. The van der Waals surface area contributed by atoms with Gasteiger partial charge < -0.3 is 19.8 Å². The molecule has 38 heavy (non-hydrogen) atoms. The molecule has 3 aliphatic rings. The fourth-order valence-electron chi connectivity index (χ4n) is 6.14. The molecule has 1 aliphatic carbocycles. The first-order valence-corrected chi connectivity index (χ1v) is 14.6. The number of halogens is 2. The molecule has 0 radical (unpaired) electrons. The largest absolute Gasteiger partial charge is 0.478 e. The van der Waals surface area contributed by atoms with Gasteiger partial charge in [-0.25, -0.2) is 9.78 Å². The maximum absolute atomic E-state index is 11.4. The van der Waals surface area contributed by atoms with Crippen molar-refractivity contribution in [2.75, 3.05) is 4.90 Å². The minimum Gasteiger partial charge on any atom is -0.478 e. The van der Waals surface area contributed by atoms with Crippen molar-refractivity contribution >= 4 is 55.9 Å². The van der Waals surface area contributed by atoms with E-state index < -0.39 is 5.97 Å². The molecule has 1 saturated carbocycles. The van der Waals surface area contributed by atoms with E-state index in [0.29, 0.717) is 46.2 Å². The van der Waals surface area contributed by atoms with Crippen LogP contribution in [0.15, 0.2) is 40.9 Å². The third-order valence-corrected chi connectivity index (χ3v) is 9.77. The van der Waals surface area contributed by atoms with E-state index in [0.717, 1.165) is 76.5 Å². The summed E-state index contributed by atoms with van der Waals surface area (Å²) >= 11 is 14.7. The number of hydrogen-bond donors (Lipinski definition) is 2. The van der Waals surface area contributed by atoms with E-state index in [-0.39, 0.29) is 0 Å². The van der Waals surface area contributed by atoms with Crippen LogP contribution in [0.25, 0.3) is 21.5 Å². The Balaban J connectivity index is 1.10. The average molecular weight is 570 g/mol. The van der Waals surface area contributed by atoms with Crippen molar-refractivity contribution < 1.29 is 14.4 Å². The van der Waals surface area contributed by atoms with Gasteiger partial charge in [-0.1, -0.05) is 45.8 Å². The van der Waals surface area contributed by atoms with Crippen LogP contribution >= 0.6 is 34.5 Å². The molecular formula is C28H26Cl2N4O3S. The predicted molar refractivity (Wildman–Crippen MR) is 150 cm³/mol. The van der Waals surface area contributed by atoms with E-state index in [4.69, 9.17) is 32.7 Å². The van der Waals surface area contributed by atoms with Crippen LogP contribution in [0.4, 0.5) is 5.13 Å². The lowest BCUT2D eigenvalue weighted by Crippen LogP contribution is -2.49. The van der Waals surface area contributed by atoms with Gasteiger partial charge in [0.1, 0.15) is 11.5 Å². The third kappa shape index (κ3) is 4.28. The Hall–Kier alpha value is -2.65. The zero-order valence-corrected chi connectivity index (χ0v) is 22.8. The first kappa shape index (κ1) is 24.4. The van der Waals surface area contributed by atoms with Gasteiger partial charge in [-0.15, -0.1) is 0 Å². The lowest BCUT2D eigenvalue weighted by Gasteiger charge is -2.39. The number of aromatic carboxylic acids is 1. The number of aromatic nitrogens is 2. The predicted octanol–water partition coefficient (Wildman–Crippen LogP) is 7.12. The summed E-state index contributed by atoms with van der Waals surface area (Å²) in [5, 5.41) is 19.7. The van der Waals surface area contributed by atoms with Crippen LogP contribution in [0.1, 0.15) is 66.1 Å². The average Bonchev–Trinajstić information content (AvgIpc) is 3.42. The van der Waals surface area contributed by atoms with Crippen molar-refractivity contribution in [1.82, 2.24) is 15.5 Å². The number of piperidine rings is 1. The maximum atomic E-state index is 11.4. The second-order valence-corrected chi connectivity index (χ2v) is 12.4. The normalized spacial score (nSPS) is 22.9. The molecule has 2 aromatic carbocycles. The fraction of sp³-hybridized carbons (Fsp3) is 0.393. The van der Waals surface area contributed by atoms with Crippen molar-refractivity contribution in [1.29, 1.82) is 0 Å². The minimum absolute atomic E-state index is 0.301. The summed E-state index contributed by atoms with van der Waals surface area (Å²) in [6.45, 7) is 0.662. The molecule has 196 valence electrons. The molecule has 10 heteroatoms. The molecule has 4 aromatic rings. The van der Waals surface area contributed by atoms with Crippen molar-refractivity contribution in [3.8, 4) is 11.3 Å². The van der Waals surface area contributed by atoms with E-state index in [1.807, 2.05) is 24.3 Å². The number of fused-ring (bicyclic) bond motifs is 3. The Bertz CT molecular complexity index is 1510. The van der Waals surface area contributed by atoms with Crippen molar-refractivity contribution in [2.45, 2.75) is 69.1 Å². The number of hydrogen-bond acceptors (Lipinski definition) is 7. The van der Waals surface area contributed by atoms with Gasteiger partial charge in [-0.3, -0.25) is 0 Å². The van der Waals surface area contributed by atoms with Crippen LogP contribution in [-0.4, -0.2) is 39.3 Å². The molecule has 7 nitrogen and oxygen atoms in total. The Morgan fingerprint density at radius 3 is 2.53 bits per heavy atom. The summed E-state index contributed by atoms with van der Waals surface area (Å²) in [5.74, 6) is 0.471. The van der Waals surface area contributed by atoms with Gasteiger partial charge in [-0.2, -0.15) is 0 Å². The number of carboxylic acid groups (broad SMARTS) is 1. The Labute approximate surface area is 233 Å². The maximum Gasteiger partial charge on any atom is 0.335 e. The quantitative estimate of drug-likeness (QED) is 0.245. The lowest BCUT2D eigenvalue weighted by molar-refractivity contribution is 0.0697. The third-order valence-electron chi connectivity index (χ3n) is 8.11. The summed E-state index contributed by atoms with van der Waals surface area (Å²) in [6, 6.07) is 11.9. The summed E-state index contributed by atoms with van der Waals surface area (Å²) in [5.41, 5.74) is 3.71. The van der Waals surface area contributed by atoms with Crippen LogP contribution in [0.5, 0.6) is 0 Å². The molecule has 2 saturated heterocycles. The number of carbonyl (C=O) groups is 1. The highest BCUT2D eigenvalue weighted by Crippen LogP contribution is 2.46. The van der Waals surface area contributed by atoms with E-state index in [1.54, 1.807) is 23.5 Å². The molecule has 0 amide bonds. The second-order valence-electron chi connectivity index (χ2n) is 10.6. The zero-order valence-electron chi connectivity index (χ0n) is 20.5. The molecule has 2 aromatic heterocycles. The summed E-state index contributed by atoms with van der Waals surface area (Å²) in [7, 11) is 0. The molecule has 2 N–H and O–H groups in total.